The Labute approximate surface area is 271 Å². The molecule has 0 fully saturated rings. The number of benzene rings is 4. The fourth-order valence-electron chi connectivity index (χ4n) is 5.12. The number of carbonyl (C=O) groups is 2. The molecule has 0 radical (unpaired) electrons. The molecule has 4 rings (SSSR count). The molecule has 7 nitrogen and oxygen atoms in total. The number of nitrogens with one attached hydrogen (secondary N) is 1. The van der Waals surface area contributed by atoms with E-state index >= 15 is 0 Å². The number of hydrogen-bond donors (Lipinski definition) is 1. The first-order valence-electron chi connectivity index (χ1n) is 14.9. The summed E-state index contributed by atoms with van der Waals surface area (Å²) in [7, 11) is -4.22. The van der Waals surface area contributed by atoms with Crippen molar-refractivity contribution in [1.29, 1.82) is 0 Å². The van der Waals surface area contributed by atoms with Crippen molar-refractivity contribution < 1.29 is 18.0 Å². The first-order valence-corrected chi connectivity index (χ1v) is 16.7. The lowest BCUT2D eigenvalue weighted by Gasteiger charge is -2.34. The number of halogens is 1. The van der Waals surface area contributed by atoms with Gasteiger partial charge < -0.3 is 10.2 Å². The van der Waals surface area contributed by atoms with Gasteiger partial charge in [-0.3, -0.25) is 13.9 Å². The van der Waals surface area contributed by atoms with E-state index in [9.17, 15) is 18.0 Å². The summed E-state index contributed by atoms with van der Waals surface area (Å²) in [6, 6.07) is 27.5. The molecule has 0 aliphatic carbocycles. The van der Waals surface area contributed by atoms with Gasteiger partial charge in [0.15, 0.2) is 0 Å². The Kier molecular flexibility index (Phi) is 11.1. The highest BCUT2D eigenvalue weighted by Gasteiger charge is 2.35. The minimum Gasteiger partial charge on any atom is -0.352 e. The van der Waals surface area contributed by atoms with Gasteiger partial charge in [-0.05, 0) is 81.1 Å². The smallest absolute Gasteiger partial charge is 0.264 e. The molecule has 45 heavy (non-hydrogen) atoms. The summed E-state index contributed by atoms with van der Waals surface area (Å²) in [6.45, 7) is 8.84. The zero-order valence-corrected chi connectivity index (χ0v) is 27.9. The van der Waals surface area contributed by atoms with Crippen LogP contribution in [0, 0.1) is 20.8 Å². The molecule has 0 aromatic heterocycles. The zero-order valence-electron chi connectivity index (χ0n) is 26.3. The van der Waals surface area contributed by atoms with Crippen LogP contribution in [0.15, 0.2) is 102 Å². The molecule has 1 atom stereocenters. The molecule has 0 saturated carbocycles. The molecule has 0 spiro atoms. The van der Waals surface area contributed by atoms with Crippen molar-refractivity contribution in [3.63, 3.8) is 0 Å². The summed E-state index contributed by atoms with van der Waals surface area (Å²) in [5.41, 5.74) is 4.39. The molecule has 0 unspecified atom stereocenters. The van der Waals surface area contributed by atoms with E-state index in [2.05, 4.69) is 5.32 Å². The highest BCUT2D eigenvalue weighted by atomic mass is 35.5. The number of carbonyl (C=O) groups excluding carboxylic acids is 2. The fourth-order valence-corrected chi connectivity index (χ4v) is 6.76. The van der Waals surface area contributed by atoms with E-state index in [4.69, 9.17) is 11.6 Å². The van der Waals surface area contributed by atoms with Gasteiger partial charge in [-0.25, -0.2) is 8.42 Å². The molecule has 9 heteroatoms. The maximum Gasteiger partial charge on any atom is 0.264 e. The second-order valence-corrected chi connectivity index (χ2v) is 13.8. The predicted molar refractivity (Wildman–Crippen MR) is 181 cm³/mol. The quantitative estimate of drug-likeness (QED) is 0.188. The lowest BCUT2D eigenvalue weighted by molar-refractivity contribution is -0.140. The third kappa shape index (κ3) is 8.32. The summed E-state index contributed by atoms with van der Waals surface area (Å²) in [5.74, 6) is -0.837. The Morgan fingerprint density at radius 2 is 1.47 bits per heavy atom. The van der Waals surface area contributed by atoms with Crippen LogP contribution >= 0.6 is 11.6 Å². The summed E-state index contributed by atoms with van der Waals surface area (Å²) < 4.78 is 29.6. The zero-order chi connectivity index (χ0) is 32.7. The number of anilines is 1. The van der Waals surface area contributed by atoms with Gasteiger partial charge in [0.1, 0.15) is 12.6 Å². The molecule has 236 valence electrons. The van der Waals surface area contributed by atoms with Crippen molar-refractivity contribution in [2.24, 2.45) is 0 Å². The average molecular weight is 646 g/mol. The molecular formula is C36H40ClN3O4S. The number of rotatable bonds is 12. The van der Waals surface area contributed by atoms with Crippen LogP contribution in [0.1, 0.15) is 41.7 Å². The SMILES string of the molecule is Cc1ccc(S(=O)(=O)N(CC(=O)N(Cc2ccccc2C)[C@@H](Cc2ccccc2)C(=O)NC(C)C)c2cccc(Cl)c2C)cc1. The average Bonchev–Trinajstić information content (AvgIpc) is 3.00. The minimum absolute atomic E-state index is 0.0455. The summed E-state index contributed by atoms with van der Waals surface area (Å²) in [5, 5.41) is 3.35. The number of aryl methyl sites for hydroxylation is 2. The molecule has 4 aromatic carbocycles. The van der Waals surface area contributed by atoms with Gasteiger partial charge in [0.2, 0.25) is 11.8 Å². The van der Waals surface area contributed by atoms with Crippen LogP contribution in [-0.2, 0) is 32.6 Å². The fraction of sp³-hybridized carbons (Fsp3) is 0.278. The molecular weight excluding hydrogens is 606 g/mol. The molecule has 0 heterocycles. The molecule has 0 aliphatic rings. The number of hydrogen-bond acceptors (Lipinski definition) is 4. The largest absolute Gasteiger partial charge is 0.352 e. The van der Waals surface area contributed by atoms with E-state index in [-0.39, 0.29) is 29.8 Å². The first-order chi connectivity index (χ1) is 21.4. The first kappa shape index (κ1) is 33.7. The second kappa shape index (κ2) is 14.8. The van der Waals surface area contributed by atoms with Gasteiger partial charge in [-0.2, -0.15) is 0 Å². The van der Waals surface area contributed by atoms with Crippen LogP contribution in [-0.4, -0.2) is 43.8 Å². The van der Waals surface area contributed by atoms with Gasteiger partial charge in [0, 0.05) is 24.0 Å². The highest BCUT2D eigenvalue weighted by molar-refractivity contribution is 7.92. The monoisotopic (exact) mass is 645 g/mol. The maximum atomic E-state index is 14.6. The van der Waals surface area contributed by atoms with Gasteiger partial charge in [0.05, 0.1) is 10.6 Å². The second-order valence-electron chi connectivity index (χ2n) is 11.5. The summed E-state index contributed by atoms with van der Waals surface area (Å²) >= 11 is 6.46. The Morgan fingerprint density at radius 3 is 2.11 bits per heavy atom. The summed E-state index contributed by atoms with van der Waals surface area (Å²) in [6.07, 6.45) is 0.248. The van der Waals surface area contributed by atoms with Crippen molar-refractivity contribution in [2.75, 3.05) is 10.8 Å². The van der Waals surface area contributed by atoms with Crippen LogP contribution in [0.2, 0.25) is 5.02 Å². The Morgan fingerprint density at radius 1 is 0.822 bits per heavy atom. The Balaban J connectivity index is 1.85. The molecule has 0 saturated heterocycles. The minimum atomic E-state index is -4.22. The topological polar surface area (TPSA) is 86.8 Å². The molecule has 2 amide bonds. The van der Waals surface area contributed by atoms with Crippen molar-refractivity contribution in [3.8, 4) is 0 Å². The van der Waals surface area contributed by atoms with E-state index in [1.165, 1.54) is 17.0 Å². The van der Waals surface area contributed by atoms with E-state index in [0.29, 0.717) is 16.3 Å². The van der Waals surface area contributed by atoms with Gasteiger partial charge >= 0.3 is 0 Å². The van der Waals surface area contributed by atoms with Gasteiger partial charge in [-0.1, -0.05) is 90.0 Å². The number of amides is 2. The Hall–Kier alpha value is -4.14. The van der Waals surface area contributed by atoms with Gasteiger partial charge in [0.25, 0.3) is 10.0 Å². The Bertz CT molecular complexity index is 1740. The van der Waals surface area contributed by atoms with Crippen LogP contribution < -0.4 is 9.62 Å². The molecule has 0 bridgehead atoms. The van der Waals surface area contributed by atoms with Crippen LogP contribution in [0.3, 0.4) is 0 Å². The van der Waals surface area contributed by atoms with Crippen LogP contribution in [0.4, 0.5) is 5.69 Å². The van der Waals surface area contributed by atoms with Gasteiger partial charge in [-0.15, -0.1) is 0 Å². The lowest BCUT2D eigenvalue weighted by Crippen LogP contribution is -2.54. The standard InChI is InChI=1S/C36H40ClN3O4S/c1-25(2)38-36(42)34(22-29-13-7-6-8-14-29)39(23-30-15-10-9-12-27(30)4)35(41)24-40(33-17-11-16-32(37)28(33)5)45(43,44)31-20-18-26(3)19-21-31/h6-21,25,34H,22-24H2,1-5H3,(H,38,42)/t34-/m0/s1. The van der Waals surface area contributed by atoms with Crippen molar-refractivity contribution >= 4 is 39.1 Å². The maximum absolute atomic E-state index is 14.6. The summed E-state index contributed by atoms with van der Waals surface area (Å²) in [4.78, 5) is 30.0. The third-order valence-corrected chi connectivity index (χ3v) is 9.88. The number of nitrogens with zero attached hydrogens (tertiary/aromatic N) is 2. The highest BCUT2D eigenvalue weighted by Crippen LogP contribution is 2.31. The van der Waals surface area contributed by atoms with Crippen LogP contribution in [0.25, 0.3) is 0 Å². The van der Waals surface area contributed by atoms with Crippen molar-refractivity contribution in [2.45, 2.75) is 64.6 Å². The lowest BCUT2D eigenvalue weighted by atomic mass is 10.0. The molecule has 1 N–H and O–H groups in total. The normalized spacial score (nSPS) is 12.1. The van der Waals surface area contributed by atoms with Crippen LogP contribution in [0.5, 0.6) is 0 Å². The molecule has 0 aliphatic heterocycles. The molecule has 4 aromatic rings. The van der Waals surface area contributed by atoms with E-state index < -0.39 is 28.5 Å². The predicted octanol–water partition coefficient (Wildman–Crippen LogP) is 6.63. The van der Waals surface area contributed by atoms with Crippen molar-refractivity contribution in [1.82, 2.24) is 10.2 Å². The van der Waals surface area contributed by atoms with Crippen molar-refractivity contribution in [3.05, 3.63) is 130 Å². The van der Waals surface area contributed by atoms with E-state index in [1.54, 1.807) is 37.3 Å². The number of sulfonamides is 1. The third-order valence-electron chi connectivity index (χ3n) is 7.70. The van der Waals surface area contributed by atoms with E-state index in [1.807, 2.05) is 82.3 Å². The van der Waals surface area contributed by atoms with E-state index in [0.717, 1.165) is 26.6 Å².